The van der Waals surface area contributed by atoms with Crippen molar-refractivity contribution in [1.29, 1.82) is 10.8 Å². The highest BCUT2D eigenvalue weighted by atomic mass is 16.2. The van der Waals surface area contributed by atoms with E-state index in [9.17, 15) is 9.59 Å². The summed E-state index contributed by atoms with van der Waals surface area (Å²) in [4.78, 5) is 27.0. The lowest BCUT2D eigenvalue weighted by molar-refractivity contribution is 0.101. The molecule has 2 heterocycles. The van der Waals surface area contributed by atoms with Crippen LogP contribution in [0.3, 0.4) is 0 Å². The highest BCUT2D eigenvalue weighted by molar-refractivity contribution is 6.07. The number of nitrogens with two attached hydrogens (primary N) is 2. The van der Waals surface area contributed by atoms with Crippen LogP contribution in [-0.4, -0.2) is 66.8 Å². The van der Waals surface area contributed by atoms with Crippen LogP contribution in [-0.2, 0) is 6.54 Å². The largest absolute Gasteiger partial charge is 0.390 e. The van der Waals surface area contributed by atoms with Gasteiger partial charge < -0.3 is 32.3 Å². The van der Waals surface area contributed by atoms with Crippen molar-refractivity contribution in [2.24, 2.45) is 11.5 Å². The van der Waals surface area contributed by atoms with Gasteiger partial charge in [0.2, 0.25) is 0 Å². The number of carbonyl (C=O) groups is 2. The number of anilines is 2. The second-order valence-electron chi connectivity index (χ2n) is 8.29. The quantitative estimate of drug-likeness (QED) is 0.166. The molecule has 0 saturated carbocycles. The molecule has 0 fully saturated rings. The Balaban J connectivity index is 0.00000105. The van der Waals surface area contributed by atoms with Crippen molar-refractivity contribution in [3.8, 4) is 0 Å². The van der Waals surface area contributed by atoms with Crippen LogP contribution in [0.5, 0.6) is 0 Å². The molecular formula is C28H36N10O2. The Kier molecular flexibility index (Phi) is 13.1. The Morgan fingerprint density at radius 1 is 0.925 bits per heavy atom. The minimum atomic E-state index is -0.336. The fraction of sp³-hybridized carbons (Fsp3) is 0.214. The summed E-state index contributed by atoms with van der Waals surface area (Å²) in [5.41, 5.74) is 13.4. The third-order valence-electron chi connectivity index (χ3n) is 5.66. The maximum atomic E-state index is 12.6. The van der Waals surface area contributed by atoms with Gasteiger partial charge in [-0.15, -0.1) is 10.2 Å². The highest BCUT2D eigenvalue weighted by Gasteiger charge is 2.14. The third kappa shape index (κ3) is 9.42. The highest BCUT2D eigenvalue weighted by Crippen LogP contribution is 2.20. The van der Waals surface area contributed by atoms with E-state index in [0.717, 1.165) is 42.7 Å². The summed E-state index contributed by atoms with van der Waals surface area (Å²) in [6, 6.07) is 17.6. The van der Waals surface area contributed by atoms with Gasteiger partial charge in [-0.2, -0.15) is 0 Å². The summed E-state index contributed by atoms with van der Waals surface area (Å²) in [5.74, 6) is -0.238. The molecule has 0 aliphatic carbocycles. The molecule has 0 atom stereocenters. The van der Waals surface area contributed by atoms with Gasteiger partial charge in [0.15, 0.2) is 5.82 Å². The minimum absolute atomic E-state index is 0.250. The van der Waals surface area contributed by atoms with Crippen molar-refractivity contribution in [3.05, 3.63) is 89.1 Å². The number of aromatic nitrogens is 2. The van der Waals surface area contributed by atoms with Crippen molar-refractivity contribution < 1.29 is 9.59 Å². The number of hydrogen-bond donors (Lipinski definition) is 7. The van der Waals surface area contributed by atoms with E-state index in [4.69, 9.17) is 10.8 Å². The molecule has 0 saturated heterocycles. The van der Waals surface area contributed by atoms with Crippen LogP contribution in [0.15, 0.2) is 66.7 Å². The molecule has 2 amide bonds. The predicted octanol–water partition coefficient (Wildman–Crippen LogP) is 2.52. The first-order chi connectivity index (χ1) is 19.5. The van der Waals surface area contributed by atoms with Gasteiger partial charge in [0.1, 0.15) is 0 Å². The van der Waals surface area contributed by atoms with Gasteiger partial charge in [0, 0.05) is 36.4 Å². The van der Waals surface area contributed by atoms with E-state index >= 15 is 0 Å². The Labute approximate surface area is 233 Å². The van der Waals surface area contributed by atoms with E-state index in [0.29, 0.717) is 29.2 Å². The van der Waals surface area contributed by atoms with Crippen molar-refractivity contribution in [1.82, 2.24) is 20.4 Å². The molecule has 210 valence electrons. The molecule has 2 aromatic carbocycles. The molecule has 0 radical (unpaired) electrons. The minimum Gasteiger partial charge on any atom is -0.390 e. The molecule has 1 aromatic heterocycles. The summed E-state index contributed by atoms with van der Waals surface area (Å²) >= 11 is 0. The molecule has 0 spiro atoms. The standard InChI is InChI=1S/C26H27N7O2.CH4N2.CH5N/c1-28-16-18-2-8-22(9-3-18)29-25(34)20-4-6-21(7-5-20)26(35)30-24-11-10-23(31-32-24)19-12-14-33(17-27)15-13-19;2-1-3;1-2/h2-12,17,27-28H,13-16H2,1H3,(H,29,34)(H,30,32,35);1H,(H3,2,3);2H2,1H3. The topological polar surface area (TPSA) is 199 Å². The molecule has 12 nitrogen and oxygen atoms in total. The first-order valence-electron chi connectivity index (χ1n) is 12.5. The van der Waals surface area contributed by atoms with Crippen molar-refractivity contribution in [3.63, 3.8) is 0 Å². The van der Waals surface area contributed by atoms with E-state index in [1.165, 1.54) is 13.4 Å². The predicted molar refractivity (Wildman–Crippen MR) is 160 cm³/mol. The number of rotatable bonds is 8. The van der Waals surface area contributed by atoms with Gasteiger partial charge in [-0.25, -0.2) is 0 Å². The number of carbonyl (C=O) groups excluding carboxylic acids is 2. The van der Waals surface area contributed by atoms with Crippen LogP contribution in [0.2, 0.25) is 0 Å². The van der Waals surface area contributed by atoms with Crippen LogP contribution < -0.4 is 27.4 Å². The van der Waals surface area contributed by atoms with Crippen molar-refractivity contribution in [2.75, 3.05) is 37.8 Å². The maximum absolute atomic E-state index is 12.6. The van der Waals surface area contributed by atoms with Crippen LogP contribution in [0, 0.1) is 10.8 Å². The molecule has 0 unspecified atom stereocenters. The molecular weight excluding hydrogens is 508 g/mol. The van der Waals surface area contributed by atoms with Crippen LogP contribution >= 0.6 is 0 Å². The number of amides is 2. The average Bonchev–Trinajstić information content (AvgIpc) is 3.00. The summed E-state index contributed by atoms with van der Waals surface area (Å²) in [7, 11) is 3.38. The molecule has 1 aliphatic rings. The van der Waals surface area contributed by atoms with E-state index in [-0.39, 0.29) is 11.8 Å². The SMILES string of the molecule is CN.CNCc1ccc(NC(=O)c2ccc(C(=O)Nc3ccc(C4=CCN(C=N)CC4)nn3)cc2)cc1.N=CN. The van der Waals surface area contributed by atoms with Crippen molar-refractivity contribution >= 4 is 41.6 Å². The summed E-state index contributed by atoms with van der Waals surface area (Å²) in [5, 5.41) is 30.2. The van der Waals surface area contributed by atoms with Gasteiger partial charge >= 0.3 is 0 Å². The Morgan fingerprint density at radius 3 is 2.00 bits per heavy atom. The summed E-state index contributed by atoms with van der Waals surface area (Å²) in [6.07, 6.45) is 4.91. The second kappa shape index (κ2) is 16.8. The first kappa shape index (κ1) is 31.3. The maximum Gasteiger partial charge on any atom is 0.256 e. The summed E-state index contributed by atoms with van der Waals surface area (Å²) < 4.78 is 0. The van der Waals surface area contributed by atoms with Crippen LogP contribution in [0.1, 0.15) is 38.4 Å². The Hall–Kier alpha value is -4.94. The lowest BCUT2D eigenvalue weighted by atomic mass is 10.1. The molecule has 4 rings (SSSR count). The zero-order valence-electron chi connectivity index (χ0n) is 22.6. The van der Waals surface area contributed by atoms with E-state index in [2.05, 4.69) is 37.6 Å². The van der Waals surface area contributed by atoms with Crippen LogP contribution in [0.25, 0.3) is 5.57 Å². The normalized spacial score (nSPS) is 11.9. The van der Waals surface area contributed by atoms with E-state index < -0.39 is 0 Å². The molecule has 9 N–H and O–H groups in total. The number of nitrogens with one attached hydrogen (secondary N) is 5. The zero-order valence-corrected chi connectivity index (χ0v) is 22.6. The number of benzene rings is 2. The second-order valence-corrected chi connectivity index (χ2v) is 8.29. The number of hydrogen-bond acceptors (Lipinski definition) is 8. The van der Waals surface area contributed by atoms with Gasteiger partial charge in [0.05, 0.1) is 18.4 Å². The Bertz CT molecular complexity index is 1270. The van der Waals surface area contributed by atoms with Crippen LogP contribution in [0.4, 0.5) is 11.5 Å². The molecule has 3 aromatic rings. The zero-order chi connectivity index (χ0) is 29.3. The van der Waals surface area contributed by atoms with E-state index in [1.807, 2.05) is 48.4 Å². The lowest BCUT2D eigenvalue weighted by Crippen LogP contribution is -2.26. The van der Waals surface area contributed by atoms with Gasteiger partial charge in [0.25, 0.3) is 11.8 Å². The monoisotopic (exact) mass is 544 g/mol. The molecule has 12 heteroatoms. The average molecular weight is 545 g/mol. The van der Waals surface area contributed by atoms with Gasteiger partial charge in [-0.05, 0) is 80.2 Å². The molecule has 0 bridgehead atoms. The molecule has 1 aliphatic heterocycles. The fourth-order valence-corrected chi connectivity index (χ4v) is 3.68. The lowest BCUT2D eigenvalue weighted by Gasteiger charge is -2.23. The van der Waals surface area contributed by atoms with Gasteiger partial charge in [-0.3, -0.25) is 20.4 Å². The van der Waals surface area contributed by atoms with Gasteiger partial charge in [-0.1, -0.05) is 18.2 Å². The summed E-state index contributed by atoms with van der Waals surface area (Å²) in [6.45, 7) is 2.21. The third-order valence-corrected chi connectivity index (χ3v) is 5.66. The van der Waals surface area contributed by atoms with Crippen molar-refractivity contribution in [2.45, 2.75) is 13.0 Å². The number of nitrogens with zero attached hydrogens (tertiary/aromatic N) is 3. The molecule has 40 heavy (non-hydrogen) atoms. The Morgan fingerprint density at radius 2 is 1.52 bits per heavy atom. The van der Waals surface area contributed by atoms with E-state index in [1.54, 1.807) is 30.3 Å². The first-order valence-corrected chi connectivity index (χ1v) is 12.5. The fourth-order valence-electron chi connectivity index (χ4n) is 3.68. The smallest absolute Gasteiger partial charge is 0.256 e.